The quantitative estimate of drug-likeness (QED) is 0.426. The lowest BCUT2D eigenvalue weighted by molar-refractivity contribution is -0.135. The van der Waals surface area contributed by atoms with Gasteiger partial charge in [0.15, 0.2) is 5.57 Å². The highest BCUT2D eigenvalue weighted by Crippen LogP contribution is 2.26. The maximum Gasteiger partial charge on any atom is 0.350 e. The highest BCUT2D eigenvalue weighted by molar-refractivity contribution is 6.15. The van der Waals surface area contributed by atoms with Gasteiger partial charge < -0.3 is 10.1 Å². The van der Waals surface area contributed by atoms with Gasteiger partial charge in [0.05, 0.1) is 12.8 Å². The van der Waals surface area contributed by atoms with Crippen LogP contribution in [0, 0.1) is 16.7 Å². The predicted molar refractivity (Wildman–Crippen MR) is 61.0 cm³/mol. The second-order valence-corrected chi connectivity index (χ2v) is 3.40. The van der Waals surface area contributed by atoms with Gasteiger partial charge in [0.2, 0.25) is 0 Å². The van der Waals surface area contributed by atoms with Gasteiger partial charge in [-0.25, -0.2) is 4.79 Å². The fraction of sp³-hybridized carbons (Fsp3) is 0.0833. The minimum atomic E-state index is -0.709. The lowest BCUT2D eigenvalue weighted by Gasteiger charge is -2.03. The summed E-state index contributed by atoms with van der Waals surface area (Å²) in [6, 6.07) is 8.88. The molecule has 0 aromatic heterocycles. The standard InChI is InChI=1S/C12H9N3O2/c1-17-12(16)9(6-13)10-7-4-2-3-5-8(7)11(14)15-10/h2-5H,1H3,(H2,14,15)/b10-9-. The van der Waals surface area contributed by atoms with E-state index in [4.69, 9.17) is 10.7 Å². The number of hydrogen-bond acceptors (Lipinski definition) is 4. The van der Waals surface area contributed by atoms with E-state index >= 15 is 0 Å². The summed E-state index contributed by atoms with van der Waals surface area (Å²) in [5.41, 5.74) is 1.54. The van der Waals surface area contributed by atoms with Crippen LogP contribution in [0.1, 0.15) is 11.1 Å². The van der Waals surface area contributed by atoms with Crippen LogP contribution in [0.5, 0.6) is 0 Å². The van der Waals surface area contributed by atoms with Gasteiger partial charge in [0.1, 0.15) is 11.9 Å². The molecule has 0 aliphatic carbocycles. The van der Waals surface area contributed by atoms with E-state index in [2.05, 4.69) is 10.1 Å². The maximum absolute atomic E-state index is 11.4. The summed E-state index contributed by atoms with van der Waals surface area (Å²) < 4.78 is 4.54. The minimum absolute atomic E-state index is 0.123. The third-order valence-electron chi connectivity index (χ3n) is 2.47. The van der Waals surface area contributed by atoms with Crippen LogP contribution >= 0.6 is 0 Å². The van der Waals surface area contributed by atoms with Crippen molar-refractivity contribution in [1.29, 1.82) is 10.7 Å². The summed E-state index contributed by atoms with van der Waals surface area (Å²) in [5, 5.41) is 19.4. The van der Waals surface area contributed by atoms with Crippen LogP contribution in [0.3, 0.4) is 0 Å². The maximum atomic E-state index is 11.4. The number of carbonyl (C=O) groups is 1. The Hall–Kier alpha value is -2.61. The Kier molecular flexibility index (Phi) is 2.63. The van der Waals surface area contributed by atoms with E-state index in [1.165, 1.54) is 7.11 Å². The van der Waals surface area contributed by atoms with Gasteiger partial charge in [0.25, 0.3) is 0 Å². The van der Waals surface area contributed by atoms with E-state index in [-0.39, 0.29) is 11.4 Å². The van der Waals surface area contributed by atoms with Gasteiger partial charge in [-0.1, -0.05) is 24.3 Å². The number of nitrogens with zero attached hydrogens (tertiary/aromatic N) is 1. The lowest BCUT2D eigenvalue weighted by Crippen LogP contribution is -2.16. The predicted octanol–water partition coefficient (Wildman–Crippen LogP) is 1.02. The van der Waals surface area contributed by atoms with Crippen molar-refractivity contribution in [2.24, 2.45) is 0 Å². The molecule has 0 amide bonds. The molecule has 0 bridgehead atoms. The molecule has 0 saturated carbocycles. The van der Waals surface area contributed by atoms with E-state index in [1.807, 2.05) is 0 Å². The molecule has 2 rings (SSSR count). The molecular weight excluding hydrogens is 218 g/mol. The van der Waals surface area contributed by atoms with Crippen molar-refractivity contribution in [3.63, 3.8) is 0 Å². The molecule has 1 aromatic rings. The molecular formula is C12H9N3O2. The smallest absolute Gasteiger partial charge is 0.350 e. The largest absolute Gasteiger partial charge is 0.465 e. The zero-order valence-corrected chi connectivity index (χ0v) is 9.07. The van der Waals surface area contributed by atoms with Crippen molar-refractivity contribution in [3.8, 4) is 6.07 Å². The molecule has 0 atom stereocenters. The van der Waals surface area contributed by atoms with Gasteiger partial charge in [-0.05, 0) is 0 Å². The van der Waals surface area contributed by atoms with Crippen molar-refractivity contribution in [1.82, 2.24) is 5.32 Å². The second-order valence-electron chi connectivity index (χ2n) is 3.40. The third-order valence-corrected chi connectivity index (χ3v) is 2.47. The highest BCUT2D eigenvalue weighted by Gasteiger charge is 2.26. The normalized spacial score (nSPS) is 15.6. The van der Waals surface area contributed by atoms with Gasteiger partial charge in [-0.15, -0.1) is 0 Å². The molecule has 5 heteroatoms. The number of rotatable bonds is 1. The molecule has 1 aliphatic rings. The molecule has 1 heterocycles. The van der Waals surface area contributed by atoms with E-state index < -0.39 is 5.97 Å². The first-order valence-electron chi connectivity index (χ1n) is 4.87. The van der Waals surface area contributed by atoms with Crippen molar-refractivity contribution in [3.05, 3.63) is 41.0 Å². The monoisotopic (exact) mass is 227 g/mol. The fourth-order valence-corrected chi connectivity index (χ4v) is 1.68. The van der Waals surface area contributed by atoms with E-state index in [1.54, 1.807) is 30.3 Å². The molecule has 0 unspecified atom stereocenters. The number of nitrogens with one attached hydrogen (secondary N) is 2. The Labute approximate surface area is 97.8 Å². The summed E-state index contributed by atoms with van der Waals surface area (Å²) in [5.74, 6) is -0.535. The fourth-order valence-electron chi connectivity index (χ4n) is 1.68. The van der Waals surface area contributed by atoms with Crippen molar-refractivity contribution in [2.45, 2.75) is 0 Å². The third kappa shape index (κ3) is 1.66. The minimum Gasteiger partial charge on any atom is -0.465 e. The summed E-state index contributed by atoms with van der Waals surface area (Å²) in [6.07, 6.45) is 0. The number of fused-ring (bicyclic) bond motifs is 1. The van der Waals surface area contributed by atoms with Crippen LogP contribution in [0.15, 0.2) is 29.8 Å². The summed E-state index contributed by atoms with van der Waals surface area (Å²) in [7, 11) is 1.21. The number of ether oxygens (including phenoxy) is 1. The summed E-state index contributed by atoms with van der Waals surface area (Å²) >= 11 is 0. The first kappa shape index (κ1) is 10.9. The Balaban J connectivity index is 2.64. The SMILES string of the molecule is COC(=O)/C(C#N)=C1\NC(=N)c2ccccc21. The first-order chi connectivity index (χ1) is 8.19. The van der Waals surface area contributed by atoms with Crippen molar-refractivity contribution in [2.75, 3.05) is 7.11 Å². The number of esters is 1. The molecule has 5 nitrogen and oxygen atoms in total. The number of carbonyl (C=O) groups excluding carboxylic acids is 1. The second kappa shape index (κ2) is 4.10. The molecule has 0 radical (unpaired) electrons. The van der Waals surface area contributed by atoms with Gasteiger partial charge in [-0.3, -0.25) is 5.41 Å². The first-order valence-corrected chi connectivity index (χ1v) is 4.87. The number of methoxy groups -OCH3 is 1. The Morgan fingerprint density at radius 1 is 1.41 bits per heavy atom. The zero-order chi connectivity index (χ0) is 12.4. The number of amidine groups is 1. The van der Waals surface area contributed by atoms with E-state index in [0.29, 0.717) is 16.8 Å². The van der Waals surface area contributed by atoms with Crippen LogP contribution < -0.4 is 5.32 Å². The van der Waals surface area contributed by atoms with Crippen molar-refractivity contribution < 1.29 is 9.53 Å². The number of benzene rings is 1. The molecule has 84 valence electrons. The van der Waals surface area contributed by atoms with E-state index in [0.717, 1.165) is 0 Å². The van der Waals surface area contributed by atoms with Crippen LogP contribution in [0.4, 0.5) is 0 Å². The summed E-state index contributed by atoms with van der Waals surface area (Å²) in [4.78, 5) is 11.4. The van der Waals surface area contributed by atoms with Crippen LogP contribution in [-0.4, -0.2) is 18.9 Å². The van der Waals surface area contributed by atoms with Crippen LogP contribution in [0.25, 0.3) is 5.70 Å². The summed E-state index contributed by atoms with van der Waals surface area (Å²) in [6.45, 7) is 0. The van der Waals surface area contributed by atoms with Gasteiger partial charge in [0, 0.05) is 11.1 Å². The molecule has 2 N–H and O–H groups in total. The molecule has 0 saturated heterocycles. The lowest BCUT2D eigenvalue weighted by atomic mass is 10.1. The zero-order valence-electron chi connectivity index (χ0n) is 9.07. The van der Waals surface area contributed by atoms with Crippen LogP contribution in [0.2, 0.25) is 0 Å². The molecule has 0 fully saturated rings. The van der Waals surface area contributed by atoms with Gasteiger partial charge in [-0.2, -0.15) is 5.26 Å². The Morgan fingerprint density at radius 2 is 2.06 bits per heavy atom. The van der Waals surface area contributed by atoms with E-state index in [9.17, 15) is 4.79 Å². The highest BCUT2D eigenvalue weighted by atomic mass is 16.5. The topological polar surface area (TPSA) is 86.0 Å². The number of nitriles is 1. The molecule has 1 aliphatic heterocycles. The van der Waals surface area contributed by atoms with Crippen LogP contribution in [-0.2, 0) is 9.53 Å². The Bertz CT molecular complexity index is 582. The molecule has 17 heavy (non-hydrogen) atoms. The van der Waals surface area contributed by atoms with Crippen molar-refractivity contribution >= 4 is 17.5 Å². The Morgan fingerprint density at radius 3 is 2.65 bits per heavy atom. The van der Waals surface area contributed by atoms with Gasteiger partial charge >= 0.3 is 5.97 Å². The molecule has 0 spiro atoms. The molecule has 1 aromatic carbocycles. The average molecular weight is 227 g/mol. The number of hydrogen-bond donors (Lipinski definition) is 2. The average Bonchev–Trinajstić information content (AvgIpc) is 2.68.